The van der Waals surface area contributed by atoms with Gasteiger partial charge in [0.05, 0.1) is 6.54 Å². The zero-order valence-corrected chi connectivity index (χ0v) is 26.6. The van der Waals surface area contributed by atoms with Gasteiger partial charge in [0.2, 0.25) is 0 Å². The Morgan fingerprint density at radius 1 is 0.650 bits per heavy atom. The Kier molecular flexibility index (Phi) is 21.4. The minimum absolute atomic E-state index is 0.543. The van der Waals surface area contributed by atoms with Gasteiger partial charge in [-0.05, 0) is 44.3 Å². The number of nitrogens with two attached hydrogens (primary N) is 1. The van der Waals surface area contributed by atoms with Crippen molar-refractivity contribution in [1.29, 1.82) is 0 Å². The lowest BCUT2D eigenvalue weighted by molar-refractivity contribution is -0.697. The van der Waals surface area contributed by atoms with E-state index in [-0.39, 0.29) is 0 Å². The molecule has 1 aromatic rings. The zero-order valence-electron chi connectivity index (χ0n) is 26.6. The summed E-state index contributed by atoms with van der Waals surface area (Å²) < 4.78 is 2.34. The number of hydrogen-bond donors (Lipinski definition) is 2. The summed E-state index contributed by atoms with van der Waals surface area (Å²) in [6.07, 6.45) is 41.2. The number of quaternary nitrogens is 1. The van der Waals surface area contributed by atoms with Crippen molar-refractivity contribution in [3.8, 4) is 0 Å². The van der Waals surface area contributed by atoms with Gasteiger partial charge < -0.3 is 15.5 Å². The number of nitrogens with zero attached hydrogens (tertiary/aromatic N) is 2. The normalized spacial score (nSPS) is 13.4. The van der Waals surface area contributed by atoms with Crippen LogP contribution >= 0.6 is 0 Å². The summed E-state index contributed by atoms with van der Waals surface area (Å²) in [6, 6.07) is 5.02. The average Bonchev–Trinajstić information content (AvgIpc) is 2.98. The third kappa shape index (κ3) is 18.5. The maximum Gasteiger partial charge on any atom is 0.170 e. The molecule has 1 aliphatic heterocycles. The Labute approximate surface area is 249 Å². The highest BCUT2D eigenvalue weighted by atomic mass is 15.1. The molecule has 40 heavy (non-hydrogen) atoms. The smallest absolute Gasteiger partial charge is 0.170 e. The predicted molar refractivity (Wildman–Crippen MR) is 174 cm³/mol. The molecule has 2 heterocycles. The second kappa shape index (κ2) is 24.9. The van der Waals surface area contributed by atoms with Crippen molar-refractivity contribution in [2.45, 2.75) is 155 Å². The van der Waals surface area contributed by atoms with Gasteiger partial charge in [0.1, 0.15) is 12.6 Å². The van der Waals surface area contributed by atoms with Crippen LogP contribution in [0.2, 0.25) is 0 Å². The highest BCUT2D eigenvalue weighted by Crippen LogP contribution is 2.11. The first-order valence-electron chi connectivity index (χ1n) is 17.5. The molecule has 0 bridgehead atoms. The van der Waals surface area contributed by atoms with Gasteiger partial charge in [-0.2, -0.15) is 0 Å². The number of rotatable bonds is 27. The fraction of sp³-hybridized carbons (Fsp3) is 0.750. The summed E-state index contributed by atoms with van der Waals surface area (Å²) in [6.45, 7) is 9.24. The van der Waals surface area contributed by atoms with E-state index in [9.17, 15) is 0 Å². The van der Waals surface area contributed by atoms with Crippen LogP contribution in [0.25, 0.3) is 0 Å². The van der Waals surface area contributed by atoms with Crippen molar-refractivity contribution in [3.05, 3.63) is 49.1 Å². The highest BCUT2D eigenvalue weighted by molar-refractivity contribution is 5.39. The van der Waals surface area contributed by atoms with E-state index in [1.54, 1.807) is 0 Å². The third-order valence-corrected chi connectivity index (χ3v) is 8.33. The Bertz CT molecular complexity index is 728. The molecule has 0 fully saturated rings. The fourth-order valence-electron chi connectivity index (χ4n) is 5.59. The number of aryl methyl sites for hydroxylation is 1. The first-order valence-corrected chi connectivity index (χ1v) is 17.5. The number of pyridine rings is 1. The molecule has 4 heteroatoms. The van der Waals surface area contributed by atoms with Crippen molar-refractivity contribution < 1.29 is 9.88 Å². The molecule has 1 aliphatic rings. The van der Waals surface area contributed by atoms with E-state index in [2.05, 4.69) is 83.0 Å². The van der Waals surface area contributed by atoms with Crippen LogP contribution in [0, 0.1) is 0 Å². The van der Waals surface area contributed by atoms with Crippen LogP contribution < -0.4 is 15.2 Å². The van der Waals surface area contributed by atoms with Gasteiger partial charge >= 0.3 is 0 Å². The molecule has 2 rings (SSSR count). The third-order valence-electron chi connectivity index (χ3n) is 8.33. The van der Waals surface area contributed by atoms with Crippen LogP contribution in [0.3, 0.4) is 0 Å². The predicted octanol–water partition coefficient (Wildman–Crippen LogP) is 8.50. The van der Waals surface area contributed by atoms with Crippen LogP contribution in [-0.4, -0.2) is 30.6 Å². The molecular weight excluding hydrogens is 488 g/mol. The van der Waals surface area contributed by atoms with Crippen LogP contribution in [0.4, 0.5) is 5.69 Å². The Hall–Kier alpha value is -1.81. The molecule has 228 valence electrons. The molecule has 0 unspecified atom stereocenters. The van der Waals surface area contributed by atoms with Gasteiger partial charge in [-0.3, -0.25) is 0 Å². The lowest BCUT2D eigenvalue weighted by Gasteiger charge is -2.20. The van der Waals surface area contributed by atoms with Crippen LogP contribution in [0.5, 0.6) is 0 Å². The van der Waals surface area contributed by atoms with Crippen LogP contribution in [0.15, 0.2) is 49.1 Å². The largest absolute Gasteiger partial charge is 0.385 e. The molecule has 0 saturated heterocycles. The average molecular weight is 555 g/mol. The quantitative estimate of drug-likeness (QED) is 0.0844. The van der Waals surface area contributed by atoms with Crippen molar-refractivity contribution in [1.82, 2.24) is 4.90 Å². The first kappa shape index (κ1) is 34.4. The van der Waals surface area contributed by atoms with Crippen LogP contribution in [0.1, 0.15) is 142 Å². The van der Waals surface area contributed by atoms with Gasteiger partial charge in [-0.25, -0.2) is 4.57 Å². The number of anilines is 1. The van der Waals surface area contributed by atoms with Gasteiger partial charge in [0.25, 0.3) is 0 Å². The summed E-state index contributed by atoms with van der Waals surface area (Å²) in [4.78, 5) is 2.38. The van der Waals surface area contributed by atoms with Gasteiger partial charge in [0.15, 0.2) is 12.4 Å². The SMILES string of the molecule is CCCCCCCCNc1cc[n+](CCCCCCCCCCN2C=CC([NH2+]CCCCCCCC)C=C2)cc1. The van der Waals surface area contributed by atoms with E-state index < -0.39 is 0 Å². The Morgan fingerprint density at radius 3 is 1.80 bits per heavy atom. The number of aromatic nitrogens is 1. The Balaban J connectivity index is 1.35. The zero-order chi connectivity index (χ0) is 28.4. The lowest BCUT2D eigenvalue weighted by Crippen LogP contribution is -2.89. The van der Waals surface area contributed by atoms with E-state index in [1.165, 1.54) is 147 Å². The number of unbranched alkanes of at least 4 members (excludes halogenated alkanes) is 17. The fourth-order valence-corrected chi connectivity index (χ4v) is 5.59. The standard InChI is InChI=1S/C36H64N4/c1-3-5-7-9-15-19-27-37-35-23-31-39(32-24-35)29-21-17-13-11-12-14-18-22-30-40-33-25-36(26-34-40)38-28-20-16-10-8-6-4-2/h23-26,31-35,37H,3-22,27-30H2,1-2H3/p+2. The Morgan fingerprint density at radius 2 is 1.18 bits per heavy atom. The van der Waals surface area contributed by atoms with Crippen molar-refractivity contribution in [2.24, 2.45) is 0 Å². The molecule has 0 aromatic carbocycles. The molecule has 0 aliphatic carbocycles. The topological polar surface area (TPSA) is 35.8 Å². The van der Waals surface area contributed by atoms with E-state index in [0.29, 0.717) is 6.04 Å². The van der Waals surface area contributed by atoms with Gasteiger partial charge in [-0.1, -0.05) is 104 Å². The molecule has 0 atom stereocenters. The summed E-state index contributed by atoms with van der Waals surface area (Å²) in [5.41, 5.74) is 1.26. The maximum absolute atomic E-state index is 3.58. The summed E-state index contributed by atoms with van der Waals surface area (Å²) >= 11 is 0. The lowest BCUT2D eigenvalue weighted by atomic mass is 10.1. The van der Waals surface area contributed by atoms with E-state index >= 15 is 0 Å². The van der Waals surface area contributed by atoms with Crippen molar-refractivity contribution in [2.75, 3.05) is 25.0 Å². The molecule has 0 radical (unpaired) electrons. The molecule has 0 spiro atoms. The summed E-state index contributed by atoms with van der Waals surface area (Å²) in [5, 5.41) is 6.07. The van der Waals surface area contributed by atoms with Gasteiger partial charge in [-0.15, -0.1) is 0 Å². The van der Waals surface area contributed by atoms with E-state index in [1.807, 2.05) is 0 Å². The summed E-state index contributed by atoms with van der Waals surface area (Å²) in [5.74, 6) is 0. The van der Waals surface area contributed by atoms with Crippen molar-refractivity contribution >= 4 is 5.69 Å². The number of nitrogens with one attached hydrogen (secondary N) is 1. The molecule has 4 nitrogen and oxygen atoms in total. The molecule has 1 aromatic heterocycles. The highest BCUT2D eigenvalue weighted by Gasteiger charge is 2.09. The van der Waals surface area contributed by atoms with Gasteiger partial charge in [0, 0.05) is 49.7 Å². The molecular formula is C36H66N4+2. The molecule has 3 N–H and O–H groups in total. The van der Waals surface area contributed by atoms with Crippen molar-refractivity contribution in [3.63, 3.8) is 0 Å². The minimum atomic E-state index is 0.543. The second-order valence-corrected chi connectivity index (χ2v) is 12.1. The monoisotopic (exact) mass is 555 g/mol. The second-order valence-electron chi connectivity index (χ2n) is 12.1. The summed E-state index contributed by atoms with van der Waals surface area (Å²) in [7, 11) is 0. The molecule has 0 amide bonds. The minimum Gasteiger partial charge on any atom is -0.385 e. The number of hydrogen-bond acceptors (Lipinski definition) is 2. The van der Waals surface area contributed by atoms with E-state index in [0.717, 1.165) is 13.1 Å². The van der Waals surface area contributed by atoms with Crippen LogP contribution in [-0.2, 0) is 6.54 Å². The van der Waals surface area contributed by atoms with E-state index in [4.69, 9.17) is 0 Å². The molecule has 0 saturated carbocycles. The first-order chi connectivity index (χ1) is 19.8. The maximum atomic E-state index is 3.58.